The minimum atomic E-state index is 0.235. The first-order valence-electron chi connectivity index (χ1n) is 3.45. The molecule has 3 nitrogen and oxygen atoms in total. The Morgan fingerprint density at radius 3 is 3.00 bits per heavy atom. The van der Waals surface area contributed by atoms with E-state index in [1.165, 1.54) is 11.3 Å². The standard InChI is InChI=1S/C8H7ClN2OS/c1-3-4-11(2)8-10-7(9)6(5-12)13-8/h1,5H,4H2,2H3. The average Bonchev–Trinajstić information content (AvgIpc) is 2.47. The molecule has 0 aliphatic heterocycles. The number of nitrogens with zero attached hydrogens (tertiary/aromatic N) is 2. The van der Waals surface area contributed by atoms with Gasteiger partial charge in [-0.3, -0.25) is 4.79 Å². The van der Waals surface area contributed by atoms with Gasteiger partial charge in [0.1, 0.15) is 4.88 Å². The highest BCUT2D eigenvalue weighted by molar-refractivity contribution is 7.17. The maximum atomic E-state index is 10.4. The predicted molar refractivity (Wildman–Crippen MR) is 54.6 cm³/mol. The van der Waals surface area contributed by atoms with Gasteiger partial charge in [0, 0.05) is 7.05 Å². The van der Waals surface area contributed by atoms with Crippen LogP contribution in [0.25, 0.3) is 0 Å². The van der Waals surface area contributed by atoms with E-state index in [0.29, 0.717) is 22.8 Å². The quantitative estimate of drug-likeness (QED) is 0.567. The Bertz CT molecular complexity index is 356. The number of hydrogen-bond acceptors (Lipinski definition) is 4. The highest BCUT2D eigenvalue weighted by atomic mass is 35.5. The second kappa shape index (κ2) is 4.26. The summed E-state index contributed by atoms with van der Waals surface area (Å²) in [6.07, 6.45) is 5.81. The summed E-state index contributed by atoms with van der Waals surface area (Å²) in [5.41, 5.74) is 0. The van der Waals surface area contributed by atoms with Crippen LogP contribution in [0.15, 0.2) is 0 Å². The lowest BCUT2D eigenvalue weighted by Gasteiger charge is -2.10. The Morgan fingerprint density at radius 1 is 1.85 bits per heavy atom. The van der Waals surface area contributed by atoms with Crippen LogP contribution < -0.4 is 4.90 Å². The van der Waals surface area contributed by atoms with Gasteiger partial charge in [0.15, 0.2) is 16.6 Å². The number of anilines is 1. The number of aromatic nitrogens is 1. The number of hydrogen-bond donors (Lipinski definition) is 0. The topological polar surface area (TPSA) is 33.2 Å². The van der Waals surface area contributed by atoms with Crippen LogP contribution in [0.4, 0.5) is 5.13 Å². The molecule has 0 fully saturated rings. The summed E-state index contributed by atoms with van der Waals surface area (Å²) in [4.78, 5) is 16.6. The maximum Gasteiger partial charge on any atom is 0.187 e. The van der Waals surface area contributed by atoms with E-state index in [2.05, 4.69) is 10.9 Å². The number of terminal acetylenes is 1. The summed E-state index contributed by atoms with van der Waals surface area (Å²) in [6, 6.07) is 0. The van der Waals surface area contributed by atoms with Crippen molar-refractivity contribution in [3.63, 3.8) is 0 Å². The normalized spacial score (nSPS) is 9.31. The largest absolute Gasteiger partial charge is 0.340 e. The third-order valence-corrected chi connectivity index (χ3v) is 2.86. The molecule has 1 rings (SSSR count). The van der Waals surface area contributed by atoms with Gasteiger partial charge in [-0.15, -0.1) is 6.42 Å². The van der Waals surface area contributed by atoms with Gasteiger partial charge in [0.25, 0.3) is 0 Å². The third-order valence-electron chi connectivity index (χ3n) is 1.36. The lowest BCUT2D eigenvalue weighted by Crippen LogP contribution is -2.16. The van der Waals surface area contributed by atoms with Crippen LogP contribution in [0.1, 0.15) is 9.67 Å². The number of aldehydes is 1. The van der Waals surface area contributed by atoms with Gasteiger partial charge in [-0.1, -0.05) is 28.9 Å². The van der Waals surface area contributed by atoms with Crippen molar-refractivity contribution < 1.29 is 4.79 Å². The summed E-state index contributed by atoms with van der Waals surface area (Å²) in [5.74, 6) is 2.47. The summed E-state index contributed by atoms with van der Waals surface area (Å²) in [6.45, 7) is 0.447. The van der Waals surface area contributed by atoms with Crippen molar-refractivity contribution in [2.24, 2.45) is 0 Å². The summed E-state index contributed by atoms with van der Waals surface area (Å²) in [7, 11) is 1.80. The van der Waals surface area contributed by atoms with Crippen LogP contribution in [-0.4, -0.2) is 24.9 Å². The first-order chi connectivity index (χ1) is 6.19. The van der Waals surface area contributed by atoms with E-state index in [1.54, 1.807) is 11.9 Å². The molecule has 0 saturated heterocycles. The van der Waals surface area contributed by atoms with E-state index in [9.17, 15) is 4.79 Å². The van der Waals surface area contributed by atoms with E-state index in [0.717, 1.165) is 0 Å². The van der Waals surface area contributed by atoms with Crippen molar-refractivity contribution in [1.29, 1.82) is 0 Å². The lowest BCUT2D eigenvalue weighted by atomic mass is 10.6. The van der Waals surface area contributed by atoms with Gasteiger partial charge in [-0.2, -0.15) is 0 Å². The predicted octanol–water partition coefficient (Wildman–Crippen LogP) is 1.68. The summed E-state index contributed by atoms with van der Waals surface area (Å²) < 4.78 is 0. The van der Waals surface area contributed by atoms with Gasteiger partial charge in [-0.05, 0) is 0 Å². The molecule has 68 valence electrons. The Hall–Kier alpha value is -1.05. The maximum absolute atomic E-state index is 10.4. The molecular weight excluding hydrogens is 208 g/mol. The van der Waals surface area contributed by atoms with Gasteiger partial charge in [-0.25, -0.2) is 4.98 Å². The zero-order valence-corrected chi connectivity index (χ0v) is 8.52. The minimum absolute atomic E-state index is 0.235. The Labute approximate surface area is 85.3 Å². The van der Waals surface area contributed by atoms with E-state index in [-0.39, 0.29) is 5.15 Å². The van der Waals surface area contributed by atoms with Crippen molar-refractivity contribution in [3.05, 3.63) is 10.0 Å². The molecule has 5 heteroatoms. The second-order valence-corrected chi connectivity index (χ2v) is 3.70. The fourth-order valence-electron chi connectivity index (χ4n) is 0.743. The third kappa shape index (κ3) is 2.20. The van der Waals surface area contributed by atoms with Crippen LogP contribution in [0.2, 0.25) is 5.15 Å². The van der Waals surface area contributed by atoms with Crippen LogP contribution in [0, 0.1) is 12.3 Å². The molecule has 0 aliphatic carbocycles. The van der Waals surface area contributed by atoms with Gasteiger partial charge in [0.05, 0.1) is 6.54 Å². The van der Waals surface area contributed by atoms with E-state index < -0.39 is 0 Å². The summed E-state index contributed by atoms with van der Waals surface area (Å²) in [5, 5.41) is 0.893. The lowest BCUT2D eigenvalue weighted by molar-refractivity contribution is 0.112. The molecular formula is C8H7ClN2OS. The van der Waals surface area contributed by atoms with E-state index in [1.807, 2.05) is 0 Å². The zero-order chi connectivity index (χ0) is 9.84. The fourth-order valence-corrected chi connectivity index (χ4v) is 1.77. The molecule has 0 unspecified atom stereocenters. The fraction of sp³-hybridized carbons (Fsp3) is 0.250. The van der Waals surface area contributed by atoms with Gasteiger partial charge < -0.3 is 4.90 Å². The SMILES string of the molecule is C#CCN(C)c1nc(Cl)c(C=O)s1. The Morgan fingerprint density at radius 2 is 2.54 bits per heavy atom. The van der Waals surface area contributed by atoms with Crippen LogP contribution >= 0.6 is 22.9 Å². The molecule has 1 heterocycles. The number of carbonyl (C=O) groups is 1. The molecule has 0 atom stereocenters. The minimum Gasteiger partial charge on any atom is -0.340 e. The molecule has 0 aromatic carbocycles. The number of thiazole rings is 1. The monoisotopic (exact) mass is 214 g/mol. The van der Waals surface area contributed by atoms with Crippen molar-refractivity contribution in [2.75, 3.05) is 18.5 Å². The molecule has 1 aromatic heterocycles. The Kier molecular flexibility index (Phi) is 3.29. The highest BCUT2D eigenvalue weighted by Gasteiger charge is 2.10. The van der Waals surface area contributed by atoms with Crippen molar-refractivity contribution in [3.8, 4) is 12.3 Å². The molecule has 0 radical (unpaired) electrons. The van der Waals surface area contributed by atoms with Crippen molar-refractivity contribution in [2.45, 2.75) is 0 Å². The first-order valence-corrected chi connectivity index (χ1v) is 4.64. The van der Waals surface area contributed by atoms with Crippen LogP contribution in [-0.2, 0) is 0 Å². The smallest absolute Gasteiger partial charge is 0.187 e. The number of carbonyl (C=O) groups excluding carboxylic acids is 1. The molecule has 0 saturated carbocycles. The van der Waals surface area contributed by atoms with Crippen molar-refractivity contribution >= 4 is 34.4 Å². The van der Waals surface area contributed by atoms with Crippen LogP contribution in [0.3, 0.4) is 0 Å². The van der Waals surface area contributed by atoms with Gasteiger partial charge in [0.2, 0.25) is 0 Å². The number of rotatable bonds is 3. The summed E-state index contributed by atoms with van der Waals surface area (Å²) >= 11 is 6.91. The molecule has 0 bridgehead atoms. The van der Waals surface area contributed by atoms with Crippen molar-refractivity contribution in [1.82, 2.24) is 4.98 Å². The Balaban J connectivity index is 2.91. The van der Waals surface area contributed by atoms with Gasteiger partial charge >= 0.3 is 0 Å². The molecule has 0 spiro atoms. The molecule has 0 aliphatic rings. The average molecular weight is 215 g/mol. The molecule has 0 N–H and O–H groups in total. The first kappa shape index (κ1) is 10.0. The zero-order valence-electron chi connectivity index (χ0n) is 6.95. The van der Waals surface area contributed by atoms with E-state index in [4.69, 9.17) is 18.0 Å². The molecule has 0 amide bonds. The molecule has 13 heavy (non-hydrogen) atoms. The highest BCUT2D eigenvalue weighted by Crippen LogP contribution is 2.27. The van der Waals surface area contributed by atoms with Crippen LogP contribution in [0.5, 0.6) is 0 Å². The number of halogens is 1. The molecule has 1 aromatic rings. The second-order valence-electron chi connectivity index (χ2n) is 2.33. The van der Waals surface area contributed by atoms with E-state index >= 15 is 0 Å².